The maximum atomic E-state index is 5.91. The van der Waals surface area contributed by atoms with E-state index in [1.807, 2.05) is 0 Å². The minimum Gasteiger partial charge on any atom is -0.383 e. The largest absolute Gasteiger partial charge is 0.383 e. The average molecular weight is 223 g/mol. The number of nitrogens with one attached hydrogen (secondary N) is 1. The zero-order valence-electron chi connectivity index (χ0n) is 9.21. The van der Waals surface area contributed by atoms with Crippen molar-refractivity contribution in [3.8, 4) is 0 Å². The van der Waals surface area contributed by atoms with Gasteiger partial charge in [-0.25, -0.2) is 0 Å². The molecule has 0 amide bonds. The summed E-state index contributed by atoms with van der Waals surface area (Å²) in [6, 6.07) is 0.620. The molecule has 3 nitrogen and oxygen atoms in total. The fraction of sp³-hybridized carbons (Fsp3) is 0.727. The van der Waals surface area contributed by atoms with Crippen molar-refractivity contribution >= 4 is 22.4 Å². The van der Waals surface area contributed by atoms with Gasteiger partial charge in [-0.05, 0) is 42.1 Å². The topological polar surface area (TPSA) is 50.9 Å². The summed E-state index contributed by atoms with van der Waals surface area (Å²) in [5.74, 6) is 1.44. The summed E-state index contributed by atoms with van der Waals surface area (Å²) in [5.41, 5.74) is 7.66. The van der Waals surface area contributed by atoms with Crippen molar-refractivity contribution in [2.75, 3.05) is 11.1 Å². The molecule has 4 heteroatoms. The van der Waals surface area contributed by atoms with Crippen LogP contribution in [0, 0.1) is 5.41 Å². The minimum absolute atomic E-state index is 0.458. The van der Waals surface area contributed by atoms with E-state index in [-0.39, 0.29) is 0 Å². The Balaban J connectivity index is 1.80. The molecule has 0 saturated heterocycles. The highest BCUT2D eigenvalue weighted by molar-refractivity contribution is 7.10. The monoisotopic (exact) mass is 223 g/mol. The second kappa shape index (κ2) is 2.88. The Hall–Kier alpha value is -0.770. The molecular formula is C11H17N3S. The van der Waals surface area contributed by atoms with Crippen molar-refractivity contribution in [2.24, 2.45) is 5.41 Å². The Morgan fingerprint density at radius 1 is 1.47 bits per heavy atom. The van der Waals surface area contributed by atoms with E-state index in [0.717, 1.165) is 5.82 Å². The van der Waals surface area contributed by atoms with Gasteiger partial charge in [-0.3, -0.25) is 0 Å². The van der Waals surface area contributed by atoms with E-state index < -0.39 is 0 Å². The molecule has 2 aliphatic carbocycles. The molecule has 1 atom stereocenters. The van der Waals surface area contributed by atoms with Crippen LogP contribution in [0.5, 0.6) is 0 Å². The van der Waals surface area contributed by atoms with Crippen LogP contribution in [0.3, 0.4) is 0 Å². The van der Waals surface area contributed by atoms with Crippen molar-refractivity contribution in [2.45, 2.75) is 45.1 Å². The van der Waals surface area contributed by atoms with Crippen molar-refractivity contribution < 1.29 is 0 Å². The van der Waals surface area contributed by atoms with Gasteiger partial charge in [-0.2, -0.15) is 4.37 Å². The molecule has 2 fully saturated rings. The van der Waals surface area contributed by atoms with Gasteiger partial charge in [-0.1, -0.05) is 13.8 Å². The highest BCUT2D eigenvalue weighted by Crippen LogP contribution is 2.51. The fourth-order valence-electron chi connectivity index (χ4n) is 2.05. The van der Waals surface area contributed by atoms with Gasteiger partial charge in [0, 0.05) is 11.6 Å². The van der Waals surface area contributed by atoms with Gasteiger partial charge in [0.05, 0.1) is 0 Å². The van der Waals surface area contributed by atoms with Gasteiger partial charge >= 0.3 is 0 Å². The van der Waals surface area contributed by atoms with Crippen LogP contribution in [0.25, 0.3) is 0 Å². The molecule has 15 heavy (non-hydrogen) atoms. The molecule has 3 N–H and O–H groups in total. The Bertz CT molecular complexity index is 393. The van der Waals surface area contributed by atoms with E-state index in [0.29, 0.717) is 17.4 Å². The third-order valence-corrected chi connectivity index (χ3v) is 4.37. The van der Waals surface area contributed by atoms with Crippen LogP contribution in [0.15, 0.2) is 0 Å². The van der Waals surface area contributed by atoms with Gasteiger partial charge in [0.1, 0.15) is 10.8 Å². The predicted octanol–water partition coefficient (Wildman–Crippen LogP) is 2.81. The quantitative estimate of drug-likeness (QED) is 0.828. The van der Waals surface area contributed by atoms with Gasteiger partial charge in [0.15, 0.2) is 0 Å². The first-order valence-corrected chi connectivity index (χ1v) is 6.37. The van der Waals surface area contributed by atoms with Gasteiger partial charge in [-0.15, -0.1) is 0 Å². The summed E-state index contributed by atoms with van der Waals surface area (Å²) < 4.78 is 4.26. The lowest BCUT2D eigenvalue weighted by molar-refractivity contribution is 0.631. The molecular weight excluding hydrogens is 206 g/mol. The molecule has 0 aromatic carbocycles. The van der Waals surface area contributed by atoms with Crippen LogP contribution in [-0.4, -0.2) is 10.4 Å². The summed E-state index contributed by atoms with van der Waals surface area (Å²) in [6.45, 7) is 4.59. The second-order valence-electron chi connectivity index (χ2n) is 5.47. The lowest BCUT2D eigenvalue weighted by Gasteiger charge is -2.07. The number of aromatic nitrogens is 1. The number of hydrogen-bond donors (Lipinski definition) is 2. The maximum absolute atomic E-state index is 5.91. The minimum atomic E-state index is 0.458. The first-order valence-electron chi connectivity index (χ1n) is 5.59. The zero-order chi connectivity index (χ0) is 10.6. The van der Waals surface area contributed by atoms with Crippen molar-refractivity contribution in [1.82, 2.24) is 4.37 Å². The molecule has 0 radical (unpaired) electrons. The number of nitrogens with two attached hydrogens (primary N) is 1. The number of hydrogen-bond acceptors (Lipinski definition) is 4. The molecule has 1 aromatic rings. The smallest absolute Gasteiger partial charge is 0.142 e. The molecule has 1 unspecified atom stereocenters. The highest BCUT2D eigenvalue weighted by Gasteiger charge is 2.46. The molecule has 82 valence electrons. The Kier molecular flexibility index (Phi) is 1.81. The van der Waals surface area contributed by atoms with Crippen molar-refractivity contribution in [3.63, 3.8) is 0 Å². The average Bonchev–Trinajstić information content (AvgIpc) is 3.02. The van der Waals surface area contributed by atoms with Gasteiger partial charge in [0.2, 0.25) is 0 Å². The first-order chi connectivity index (χ1) is 7.08. The fourth-order valence-corrected chi connectivity index (χ4v) is 2.90. The standard InChI is InChI=1S/C11H17N3S/c1-11(2)5-7(11)13-10-8(6-3-4-6)9(12)14-15-10/h6-7,13H,3-5H2,1-2H3,(H2,12,14). The Morgan fingerprint density at radius 3 is 2.67 bits per heavy atom. The number of nitrogen functional groups attached to an aromatic ring is 1. The van der Waals surface area contributed by atoms with Crippen LogP contribution >= 0.6 is 11.5 Å². The molecule has 1 aromatic heterocycles. The van der Waals surface area contributed by atoms with Gasteiger partial charge in [0.25, 0.3) is 0 Å². The second-order valence-corrected chi connectivity index (χ2v) is 6.25. The van der Waals surface area contributed by atoms with Gasteiger partial charge < -0.3 is 11.1 Å². The lowest BCUT2D eigenvalue weighted by atomic mass is 10.2. The predicted molar refractivity (Wildman–Crippen MR) is 64.3 cm³/mol. The molecule has 0 aliphatic heterocycles. The molecule has 2 saturated carbocycles. The summed E-state index contributed by atoms with van der Waals surface area (Å²) in [4.78, 5) is 0. The number of nitrogens with zero attached hydrogens (tertiary/aromatic N) is 1. The molecule has 3 rings (SSSR count). The summed E-state index contributed by atoms with van der Waals surface area (Å²) >= 11 is 1.53. The highest BCUT2D eigenvalue weighted by atomic mass is 32.1. The third-order valence-electron chi connectivity index (χ3n) is 3.56. The summed E-state index contributed by atoms with van der Waals surface area (Å²) in [6.07, 6.45) is 3.83. The van der Waals surface area contributed by atoms with E-state index in [4.69, 9.17) is 5.73 Å². The Labute approximate surface area is 94.2 Å². The summed E-state index contributed by atoms with van der Waals surface area (Å²) in [5, 5.41) is 4.82. The van der Waals surface area contributed by atoms with Crippen LogP contribution in [0.4, 0.5) is 10.8 Å². The number of anilines is 2. The lowest BCUT2D eigenvalue weighted by Crippen LogP contribution is -2.08. The molecule has 2 aliphatic rings. The third kappa shape index (κ3) is 1.61. The van der Waals surface area contributed by atoms with E-state index in [1.54, 1.807) is 0 Å². The normalized spacial score (nSPS) is 27.7. The Morgan fingerprint density at radius 2 is 2.13 bits per heavy atom. The van der Waals surface area contributed by atoms with E-state index >= 15 is 0 Å². The number of rotatable bonds is 3. The maximum Gasteiger partial charge on any atom is 0.142 e. The van der Waals surface area contributed by atoms with E-state index in [1.165, 1.54) is 41.4 Å². The van der Waals surface area contributed by atoms with E-state index in [2.05, 4.69) is 23.5 Å². The summed E-state index contributed by atoms with van der Waals surface area (Å²) in [7, 11) is 0. The zero-order valence-corrected chi connectivity index (χ0v) is 10.0. The molecule has 0 bridgehead atoms. The van der Waals surface area contributed by atoms with Crippen molar-refractivity contribution in [1.29, 1.82) is 0 Å². The van der Waals surface area contributed by atoms with Crippen LogP contribution in [0.2, 0.25) is 0 Å². The SMILES string of the molecule is CC1(C)CC1Nc1snc(N)c1C1CC1. The first kappa shape index (κ1) is 9.46. The van der Waals surface area contributed by atoms with Crippen LogP contribution in [-0.2, 0) is 0 Å². The van der Waals surface area contributed by atoms with Crippen LogP contribution in [0.1, 0.15) is 44.6 Å². The molecule has 1 heterocycles. The van der Waals surface area contributed by atoms with Crippen molar-refractivity contribution in [3.05, 3.63) is 5.56 Å². The molecule has 0 spiro atoms. The van der Waals surface area contributed by atoms with Crippen LogP contribution < -0.4 is 11.1 Å². The van der Waals surface area contributed by atoms with E-state index in [9.17, 15) is 0 Å².